The van der Waals surface area contributed by atoms with Gasteiger partial charge in [0.1, 0.15) is 5.82 Å². The second kappa shape index (κ2) is 12.8. The van der Waals surface area contributed by atoms with Gasteiger partial charge in [0.25, 0.3) is 0 Å². The number of rotatable bonds is 12. The lowest BCUT2D eigenvalue weighted by molar-refractivity contribution is -0.133. The summed E-state index contributed by atoms with van der Waals surface area (Å²) in [4.78, 5) is 26.7. The first kappa shape index (κ1) is 26.9. The van der Waals surface area contributed by atoms with Gasteiger partial charge in [0, 0.05) is 30.0 Å². The van der Waals surface area contributed by atoms with Crippen LogP contribution in [0.2, 0.25) is 5.02 Å². The van der Waals surface area contributed by atoms with Crippen LogP contribution in [0.5, 0.6) is 0 Å². The van der Waals surface area contributed by atoms with Gasteiger partial charge in [0.05, 0.1) is 17.9 Å². The van der Waals surface area contributed by atoms with Crippen molar-refractivity contribution in [3.63, 3.8) is 0 Å². The van der Waals surface area contributed by atoms with E-state index in [9.17, 15) is 9.59 Å². The van der Waals surface area contributed by atoms with Crippen LogP contribution in [0, 0.1) is 0 Å². The van der Waals surface area contributed by atoms with Crippen molar-refractivity contribution in [2.45, 2.75) is 84.5 Å². The molecule has 0 aliphatic carbocycles. The maximum atomic E-state index is 12.7. The van der Waals surface area contributed by atoms with Crippen LogP contribution in [-0.4, -0.2) is 40.1 Å². The Morgan fingerprint density at radius 1 is 1.03 bits per heavy atom. The maximum Gasteiger partial charge on any atom is 0.245 e. The highest BCUT2D eigenvalue weighted by Crippen LogP contribution is 2.26. The summed E-state index contributed by atoms with van der Waals surface area (Å²) in [5.74, 6) is 0.321. The fraction of sp³-hybridized carbons (Fsp3) is 0.577. The van der Waals surface area contributed by atoms with Crippen LogP contribution >= 0.6 is 11.6 Å². The molecule has 1 heterocycles. The monoisotopic (exact) mass is 474 g/mol. The number of anilines is 1. The van der Waals surface area contributed by atoms with Gasteiger partial charge in [-0.3, -0.25) is 9.59 Å². The zero-order valence-corrected chi connectivity index (χ0v) is 21.5. The van der Waals surface area contributed by atoms with Gasteiger partial charge in [-0.25, -0.2) is 4.68 Å². The fourth-order valence-corrected chi connectivity index (χ4v) is 3.65. The standard InChI is InChI=1S/C26H39ClN4O2/c1-6-7-8-9-10-11-12-13-25(33)30(5)19-24(32)28-23-18-22(26(2,3)4)29-31(23)21-16-14-20(27)15-17-21/h14-18H,6-13,19H2,1-5H3,(H,28,32). The molecule has 0 aliphatic heterocycles. The summed E-state index contributed by atoms with van der Waals surface area (Å²) in [6.07, 6.45) is 8.61. The molecule has 0 aliphatic rings. The van der Waals surface area contributed by atoms with E-state index in [4.69, 9.17) is 16.7 Å². The minimum atomic E-state index is -0.249. The predicted octanol–water partition coefficient (Wildman–Crippen LogP) is 6.36. The van der Waals surface area contributed by atoms with Crippen LogP contribution < -0.4 is 5.32 Å². The van der Waals surface area contributed by atoms with E-state index in [1.165, 1.54) is 37.0 Å². The number of carbonyl (C=O) groups is 2. The largest absolute Gasteiger partial charge is 0.336 e. The van der Waals surface area contributed by atoms with E-state index in [-0.39, 0.29) is 23.8 Å². The SMILES string of the molecule is CCCCCCCCCC(=O)N(C)CC(=O)Nc1cc(C(C)(C)C)nn1-c1ccc(Cl)cc1. The number of nitrogens with zero attached hydrogens (tertiary/aromatic N) is 3. The van der Waals surface area contributed by atoms with Gasteiger partial charge in [-0.1, -0.05) is 77.8 Å². The smallest absolute Gasteiger partial charge is 0.245 e. The molecule has 0 saturated heterocycles. The molecule has 1 aromatic heterocycles. The van der Waals surface area contributed by atoms with Crippen molar-refractivity contribution >= 4 is 29.2 Å². The average molecular weight is 475 g/mol. The Morgan fingerprint density at radius 2 is 1.64 bits per heavy atom. The van der Waals surface area contributed by atoms with Crippen molar-refractivity contribution < 1.29 is 9.59 Å². The Labute approximate surface area is 203 Å². The summed E-state index contributed by atoms with van der Waals surface area (Å²) in [6, 6.07) is 9.17. The molecule has 0 fully saturated rings. The number of likely N-dealkylation sites (N-methyl/N-ethyl adjacent to an activating group) is 1. The Balaban J connectivity index is 1.95. The highest BCUT2D eigenvalue weighted by molar-refractivity contribution is 6.30. The highest BCUT2D eigenvalue weighted by atomic mass is 35.5. The van der Waals surface area contributed by atoms with Crippen molar-refractivity contribution in [3.8, 4) is 5.69 Å². The predicted molar refractivity (Wildman–Crippen MR) is 136 cm³/mol. The number of unbranched alkanes of at least 4 members (excludes halogenated alkanes) is 6. The molecule has 0 saturated carbocycles. The molecule has 1 N–H and O–H groups in total. The zero-order valence-electron chi connectivity index (χ0n) is 20.8. The van der Waals surface area contributed by atoms with E-state index in [1.807, 2.05) is 18.2 Å². The molecule has 0 unspecified atom stereocenters. The van der Waals surface area contributed by atoms with E-state index < -0.39 is 0 Å². The van der Waals surface area contributed by atoms with Crippen molar-refractivity contribution in [1.82, 2.24) is 14.7 Å². The van der Waals surface area contributed by atoms with Crippen LogP contribution in [0.25, 0.3) is 5.69 Å². The molecular formula is C26H39ClN4O2. The number of hydrogen-bond donors (Lipinski definition) is 1. The summed E-state index contributed by atoms with van der Waals surface area (Å²) in [6.45, 7) is 8.43. The van der Waals surface area contributed by atoms with Gasteiger partial charge in [0.2, 0.25) is 11.8 Å². The second-order valence-electron chi connectivity index (χ2n) is 9.72. The molecular weight excluding hydrogens is 436 g/mol. The summed E-state index contributed by atoms with van der Waals surface area (Å²) in [5.41, 5.74) is 1.48. The zero-order chi connectivity index (χ0) is 24.4. The van der Waals surface area contributed by atoms with Crippen molar-refractivity contribution in [2.75, 3.05) is 18.9 Å². The van der Waals surface area contributed by atoms with E-state index in [0.29, 0.717) is 17.3 Å². The third-order valence-corrected chi connectivity index (χ3v) is 5.87. The number of benzene rings is 1. The number of hydrogen-bond acceptors (Lipinski definition) is 3. The van der Waals surface area contributed by atoms with Gasteiger partial charge in [-0.05, 0) is 30.7 Å². The molecule has 0 radical (unpaired) electrons. The Bertz CT molecular complexity index is 900. The van der Waals surface area contributed by atoms with E-state index >= 15 is 0 Å². The molecule has 0 atom stereocenters. The molecule has 1 aromatic carbocycles. The van der Waals surface area contributed by atoms with Gasteiger partial charge in [0.15, 0.2) is 0 Å². The minimum absolute atomic E-state index is 0.000276. The normalized spacial score (nSPS) is 11.5. The van der Waals surface area contributed by atoms with Crippen LogP contribution in [0.1, 0.15) is 84.8 Å². The fourth-order valence-electron chi connectivity index (χ4n) is 3.53. The summed E-state index contributed by atoms with van der Waals surface area (Å²) < 4.78 is 1.70. The lowest BCUT2D eigenvalue weighted by atomic mass is 9.92. The molecule has 2 amide bonds. The maximum absolute atomic E-state index is 12.7. The molecule has 182 valence electrons. The third-order valence-electron chi connectivity index (χ3n) is 5.62. The van der Waals surface area contributed by atoms with Gasteiger partial charge >= 0.3 is 0 Å². The minimum Gasteiger partial charge on any atom is -0.336 e. The number of aromatic nitrogens is 2. The molecule has 2 aromatic rings. The molecule has 0 spiro atoms. The second-order valence-corrected chi connectivity index (χ2v) is 10.2. The molecule has 0 bridgehead atoms. The first-order valence-electron chi connectivity index (χ1n) is 12.0. The Morgan fingerprint density at radius 3 is 2.24 bits per heavy atom. The summed E-state index contributed by atoms with van der Waals surface area (Å²) in [7, 11) is 1.68. The van der Waals surface area contributed by atoms with Crippen LogP contribution in [0.3, 0.4) is 0 Å². The lowest BCUT2D eigenvalue weighted by Gasteiger charge is -2.17. The number of carbonyl (C=O) groups excluding carboxylic acids is 2. The first-order valence-corrected chi connectivity index (χ1v) is 12.4. The van der Waals surface area contributed by atoms with E-state index in [2.05, 4.69) is 33.0 Å². The summed E-state index contributed by atoms with van der Waals surface area (Å²) >= 11 is 6.02. The van der Waals surface area contributed by atoms with Gasteiger partial charge < -0.3 is 10.2 Å². The van der Waals surface area contributed by atoms with Crippen LogP contribution in [0.15, 0.2) is 30.3 Å². The lowest BCUT2D eigenvalue weighted by Crippen LogP contribution is -2.35. The highest BCUT2D eigenvalue weighted by Gasteiger charge is 2.22. The molecule has 2 rings (SSSR count). The Hall–Kier alpha value is -2.34. The molecule has 6 nitrogen and oxygen atoms in total. The van der Waals surface area contributed by atoms with Gasteiger partial charge in [-0.15, -0.1) is 0 Å². The number of amides is 2. The van der Waals surface area contributed by atoms with Gasteiger partial charge in [-0.2, -0.15) is 5.10 Å². The third kappa shape index (κ3) is 8.84. The van der Waals surface area contributed by atoms with Crippen molar-refractivity contribution in [1.29, 1.82) is 0 Å². The average Bonchev–Trinajstić information content (AvgIpc) is 3.17. The van der Waals surface area contributed by atoms with Crippen LogP contribution in [-0.2, 0) is 15.0 Å². The number of halogens is 1. The van der Waals surface area contributed by atoms with Crippen LogP contribution in [0.4, 0.5) is 5.82 Å². The summed E-state index contributed by atoms with van der Waals surface area (Å²) in [5, 5.41) is 8.27. The quantitative estimate of drug-likeness (QED) is 0.364. The Kier molecular flexibility index (Phi) is 10.4. The molecule has 33 heavy (non-hydrogen) atoms. The topological polar surface area (TPSA) is 67.2 Å². The molecule has 7 heteroatoms. The van der Waals surface area contributed by atoms with Crippen molar-refractivity contribution in [3.05, 3.63) is 41.0 Å². The van der Waals surface area contributed by atoms with E-state index in [1.54, 1.807) is 23.9 Å². The van der Waals surface area contributed by atoms with Crippen molar-refractivity contribution in [2.24, 2.45) is 0 Å². The first-order chi connectivity index (χ1) is 15.6. The number of nitrogens with one attached hydrogen (secondary N) is 1. The van der Waals surface area contributed by atoms with E-state index in [0.717, 1.165) is 24.2 Å².